The van der Waals surface area contributed by atoms with Gasteiger partial charge in [0.25, 0.3) is 15.6 Å². The van der Waals surface area contributed by atoms with Gasteiger partial charge in [-0.1, -0.05) is 24.3 Å². The molecule has 0 aliphatic heterocycles. The van der Waals surface area contributed by atoms with E-state index in [4.69, 9.17) is 4.74 Å². The van der Waals surface area contributed by atoms with Gasteiger partial charge in [-0.25, -0.2) is 23.1 Å². The molecule has 3 aromatic carbocycles. The Hall–Kier alpha value is -4.71. The Balaban J connectivity index is 1.61. The maximum Gasteiger partial charge on any atom is 0.417 e. The van der Waals surface area contributed by atoms with E-state index in [2.05, 4.69) is 14.7 Å². The zero-order valence-corrected chi connectivity index (χ0v) is 21.0. The van der Waals surface area contributed by atoms with Crippen molar-refractivity contribution in [2.45, 2.75) is 11.1 Å². The minimum Gasteiger partial charge on any atom is -0.495 e. The van der Waals surface area contributed by atoms with Gasteiger partial charge >= 0.3 is 6.18 Å². The van der Waals surface area contributed by atoms with E-state index in [-0.39, 0.29) is 33.4 Å². The summed E-state index contributed by atoms with van der Waals surface area (Å²) >= 11 is 0. The summed E-state index contributed by atoms with van der Waals surface area (Å²) in [4.78, 5) is 20.6. The van der Waals surface area contributed by atoms with E-state index in [0.717, 1.165) is 6.07 Å². The Morgan fingerprint density at radius 3 is 2.36 bits per heavy atom. The summed E-state index contributed by atoms with van der Waals surface area (Å²) in [5, 5.41) is 0.417. The molecule has 8 nitrogen and oxygen atoms in total. The molecule has 0 aliphatic rings. The third-order valence-corrected chi connectivity index (χ3v) is 7.26. The second kappa shape index (κ2) is 9.87. The first kappa shape index (κ1) is 25.9. The van der Waals surface area contributed by atoms with E-state index < -0.39 is 27.3 Å². The summed E-state index contributed by atoms with van der Waals surface area (Å²) in [6, 6.07) is 18.0. The van der Waals surface area contributed by atoms with Crippen molar-refractivity contribution in [1.29, 1.82) is 0 Å². The molecule has 2 heterocycles. The third-order valence-electron chi connectivity index (χ3n) is 5.93. The predicted molar refractivity (Wildman–Crippen MR) is 139 cm³/mol. The Labute approximate surface area is 220 Å². The maximum absolute atomic E-state index is 13.6. The number of nitrogens with zero attached hydrogens (tertiary/aromatic N) is 3. The Morgan fingerprint density at radius 2 is 1.64 bits per heavy atom. The summed E-state index contributed by atoms with van der Waals surface area (Å²) < 4.78 is 75.6. The van der Waals surface area contributed by atoms with Crippen LogP contribution in [0.15, 0.2) is 101 Å². The normalized spacial score (nSPS) is 11.9. The number of halogens is 3. The molecule has 5 aromatic rings. The topological polar surface area (TPSA) is 103 Å². The molecule has 0 fully saturated rings. The van der Waals surface area contributed by atoms with Crippen molar-refractivity contribution in [3.63, 3.8) is 0 Å². The molecule has 0 saturated heterocycles. The van der Waals surface area contributed by atoms with Crippen molar-refractivity contribution in [2.24, 2.45) is 0 Å². The first-order chi connectivity index (χ1) is 18.6. The van der Waals surface area contributed by atoms with Gasteiger partial charge in [-0.2, -0.15) is 13.2 Å². The first-order valence-electron chi connectivity index (χ1n) is 11.4. The highest BCUT2D eigenvalue weighted by atomic mass is 32.2. The number of hydrogen-bond acceptors (Lipinski definition) is 6. The number of benzene rings is 3. The zero-order valence-electron chi connectivity index (χ0n) is 20.2. The van der Waals surface area contributed by atoms with Crippen LogP contribution >= 0.6 is 0 Å². The van der Waals surface area contributed by atoms with Crippen LogP contribution in [-0.4, -0.2) is 30.1 Å². The number of hydrogen-bond donors (Lipinski definition) is 1. The van der Waals surface area contributed by atoms with Crippen molar-refractivity contribution in [3.8, 4) is 22.6 Å². The number of fused-ring (bicyclic) bond motifs is 1. The van der Waals surface area contributed by atoms with E-state index in [1.54, 1.807) is 6.07 Å². The molecule has 0 aliphatic carbocycles. The van der Waals surface area contributed by atoms with Gasteiger partial charge in [-0.05, 0) is 59.7 Å². The lowest BCUT2D eigenvalue weighted by atomic mass is 9.98. The summed E-state index contributed by atoms with van der Waals surface area (Å²) in [6.45, 7) is 0. The molecule has 0 amide bonds. The van der Waals surface area contributed by atoms with Crippen LogP contribution in [0.2, 0.25) is 0 Å². The van der Waals surface area contributed by atoms with Crippen molar-refractivity contribution < 1.29 is 26.3 Å². The van der Waals surface area contributed by atoms with E-state index in [1.807, 2.05) is 0 Å². The molecule has 12 heteroatoms. The average Bonchev–Trinajstić information content (AvgIpc) is 2.92. The van der Waals surface area contributed by atoms with E-state index in [9.17, 15) is 26.4 Å². The molecular formula is C27H19F3N4O4S. The third kappa shape index (κ3) is 5.06. The van der Waals surface area contributed by atoms with Crippen LogP contribution in [0.3, 0.4) is 0 Å². The van der Waals surface area contributed by atoms with Gasteiger partial charge in [0.05, 0.1) is 28.8 Å². The van der Waals surface area contributed by atoms with Crippen LogP contribution in [0.4, 0.5) is 19.1 Å². The number of alkyl halides is 3. The van der Waals surface area contributed by atoms with E-state index in [1.165, 1.54) is 90.8 Å². The van der Waals surface area contributed by atoms with Crippen LogP contribution in [0.25, 0.3) is 27.7 Å². The average molecular weight is 553 g/mol. The molecule has 0 radical (unpaired) electrons. The number of methoxy groups -OCH3 is 1. The maximum atomic E-state index is 13.6. The second-order valence-corrected chi connectivity index (χ2v) is 10.0. The van der Waals surface area contributed by atoms with Crippen LogP contribution in [0.1, 0.15) is 5.56 Å². The van der Waals surface area contributed by atoms with Gasteiger partial charge in [0.15, 0.2) is 0 Å². The molecule has 0 spiro atoms. The van der Waals surface area contributed by atoms with Gasteiger partial charge in [0.1, 0.15) is 5.75 Å². The minimum absolute atomic E-state index is 0.0372. The van der Waals surface area contributed by atoms with E-state index >= 15 is 0 Å². The summed E-state index contributed by atoms with van der Waals surface area (Å²) in [6.07, 6.45) is -1.77. The molecule has 2 aromatic heterocycles. The summed E-state index contributed by atoms with van der Waals surface area (Å²) in [7, 11) is -2.69. The highest BCUT2D eigenvalue weighted by molar-refractivity contribution is 7.92. The number of rotatable bonds is 6. The Bertz CT molecular complexity index is 1860. The van der Waals surface area contributed by atoms with Gasteiger partial charge in [-0.15, -0.1) is 0 Å². The summed E-state index contributed by atoms with van der Waals surface area (Å²) in [5.74, 6) is 0.0539. The van der Waals surface area contributed by atoms with Gasteiger partial charge < -0.3 is 4.74 Å². The summed E-state index contributed by atoms with van der Waals surface area (Å²) in [5.41, 5.74) is -0.405. The number of nitrogens with one attached hydrogen (secondary N) is 1. The fourth-order valence-electron chi connectivity index (χ4n) is 4.18. The Morgan fingerprint density at radius 1 is 0.897 bits per heavy atom. The van der Waals surface area contributed by atoms with Crippen molar-refractivity contribution in [3.05, 3.63) is 107 Å². The molecule has 0 bridgehead atoms. The smallest absolute Gasteiger partial charge is 0.417 e. The standard InChI is InChI=1S/C27H19F3N4O4S/c1-38-24-16-17(20-5-2-3-6-21(20)27(28,29)30)7-10-23(24)34-22-11-9-19(15-18(22)8-12-25(34)35)39(36,37)33-26-31-13-4-14-32-26/h2-16H,1H3,(H,31,32,33). The molecule has 198 valence electrons. The van der Waals surface area contributed by atoms with Crippen LogP contribution in [0, 0.1) is 0 Å². The zero-order chi connectivity index (χ0) is 27.8. The molecule has 1 N–H and O–H groups in total. The molecular weight excluding hydrogens is 533 g/mol. The van der Waals surface area contributed by atoms with E-state index in [0.29, 0.717) is 10.9 Å². The highest BCUT2D eigenvalue weighted by Gasteiger charge is 2.33. The van der Waals surface area contributed by atoms with Crippen LogP contribution in [0.5, 0.6) is 5.75 Å². The highest BCUT2D eigenvalue weighted by Crippen LogP contribution is 2.39. The quantitative estimate of drug-likeness (QED) is 0.308. The van der Waals surface area contributed by atoms with Crippen molar-refractivity contribution in [2.75, 3.05) is 11.8 Å². The lowest BCUT2D eigenvalue weighted by Gasteiger charge is -2.17. The van der Waals surface area contributed by atoms with Crippen LogP contribution in [-0.2, 0) is 16.2 Å². The molecule has 0 saturated carbocycles. The van der Waals surface area contributed by atoms with Gasteiger partial charge in [0.2, 0.25) is 5.95 Å². The van der Waals surface area contributed by atoms with Crippen molar-refractivity contribution >= 4 is 26.9 Å². The first-order valence-corrected chi connectivity index (χ1v) is 12.9. The van der Waals surface area contributed by atoms with Crippen LogP contribution < -0.4 is 15.0 Å². The second-order valence-electron chi connectivity index (χ2n) is 8.34. The lowest BCUT2D eigenvalue weighted by molar-refractivity contribution is -0.137. The number of aromatic nitrogens is 3. The van der Waals surface area contributed by atoms with Crippen molar-refractivity contribution in [1.82, 2.24) is 14.5 Å². The lowest BCUT2D eigenvalue weighted by Crippen LogP contribution is -2.19. The Kier molecular flexibility index (Phi) is 6.56. The van der Waals surface area contributed by atoms with Gasteiger partial charge in [-0.3, -0.25) is 9.36 Å². The number of pyridine rings is 1. The molecule has 39 heavy (non-hydrogen) atoms. The predicted octanol–water partition coefficient (Wildman–Crippen LogP) is 5.28. The number of sulfonamides is 1. The SMILES string of the molecule is COc1cc(-c2ccccc2C(F)(F)F)ccc1-n1c(=O)ccc2cc(S(=O)(=O)Nc3ncccn3)ccc21. The minimum atomic E-state index is -4.56. The fraction of sp³-hybridized carbons (Fsp3) is 0.0741. The monoisotopic (exact) mass is 552 g/mol. The number of anilines is 1. The number of ether oxygens (including phenoxy) is 1. The van der Waals surface area contributed by atoms with Gasteiger partial charge in [0, 0.05) is 23.8 Å². The fourth-order valence-corrected chi connectivity index (χ4v) is 5.18. The molecule has 5 rings (SSSR count). The molecule has 0 atom stereocenters. The molecule has 0 unspecified atom stereocenters. The largest absolute Gasteiger partial charge is 0.495 e.